The minimum Gasteiger partial charge on any atom is -0.382 e. The summed E-state index contributed by atoms with van der Waals surface area (Å²) in [5, 5.41) is 6.97. The van der Waals surface area contributed by atoms with Gasteiger partial charge in [-0.05, 0) is 19.8 Å². The number of guanidine groups is 1. The maximum Gasteiger partial charge on any atom is 0.191 e. The summed E-state index contributed by atoms with van der Waals surface area (Å²) in [6.45, 7) is 11.2. The third-order valence-electron chi connectivity index (χ3n) is 4.89. The normalized spacial score (nSPS) is 29.0. The highest BCUT2D eigenvalue weighted by Gasteiger charge is 2.59. The molecular formula is C17H33N3O3. The van der Waals surface area contributed by atoms with Gasteiger partial charge in [-0.1, -0.05) is 13.8 Å². The molecule has 1 heterocycles. The van der Waals surface area contributed by atoms with Crippen LogP contribution in [0.2, 0.25) is 0 Å². The smallest absolute Gasteiger partial charge is 0.191 e. The molecule has 23 heavy (non-hydrogen) atoms. The largest absolute Gasteiger partial charge is 0.382 e. The Hall–Kier alpha value is -0.850. The summed E-state index contributed by atoms with van der Waals surface area (Å²) in [5.41, 5.74) is 0.167. The molecule has 6 nitrogen and oxygen atoms in total. The molecule has 0 aromatic heterocycles. The number of hydrogen-bond acceptors (Lipinski definition) is 4. The summed E-state index contributed by atoms with van der Waals surface area (Å²) >= 11 is 0. The molecule has 134 valence electrons. The minimum absolute atomic E-state index is 0.167. The van der Waals surface area contributed by atoms with Gasteiger partial charge in [0.25, 0.3) is 0 Å². The number of nitrogens with one attached hydrogen (secondary N) is 2. The fourth-order valence-corrected chi connectivity index (χ4v) is 3.69. The van der Waals surface area contributed by atoms with E-state index in [-0.39, 0.29) is 5.41 Å². The van der Waals surface area contributed by atoms with E-state index >= 15 is 0 Å². The molecule has 2 N–H and O–H groups in total. The second-order valence-corrected chi connectivity index (χ2v) is 6.91. The van der Waals surface area contributed by atoms with Crippen LogP contribution in [0.5, 0.6) is 0 Å². The number of aliphatic imine (C=N–C) groups is 1. The number of rotatable bonds is 9. The number of fused-ring (bicyclic) bond motifs is 1. The lowest BCUT2D eigenvalue weighted by molar-refractivity contribution is -0.106. The van der Waals surface area contributed by atoms with Crippen LogP contribution >= 0.6 is 0 Å². The van der Waals surface area contributed by atoms with E-state index in [1.807, 2.05) is 0 Å². The molecule has 2 aliphatic rings. The van der Waals surface area contributed by atoms with Gasteiger partial charge in [0.15, 0.2) is 5.96 Å². The highest BCUT2D eigenvalue weighted by Crippen LogP contribution is 2.52. The monoisotopic (exact) mass is 327 g/mol. The Balaban J connectivity index is 1.76. The third-order valence-corrected chi connectivity index (χ3v) is 4.89. The lowest BCUT2D eigenvalue weighted by atomic mass is 9.57. The number of nitrogens with zero attached hydrogens (tertiary/aromatic N) is 1. The molecule has 0 amide bonds. The highest BCUT2D eigenvalue weighted by molar-refractivity contribution is 5.80. The van der Waals surface area contributed by atoms with Crippen molar-refractivity contribution in [3.05, 3.63) is 0 Å². The fraction of sp³-hybridized carbons (Fsp3) is 0.941. The standard InChI is InChI=1S/C17H33N3O3/c1-5-18-16(19-8-6-9-22-12-11-21-4)20-14-13-7-10-23-15(13)17(14,2)3/h13-15H,5-12H2,1-4H3,(H2,18,19,20). The molecule has 3 atom stereocenters. The van der Waals surface area contributed by atoms with Gasteiger partial charge in [0, 0.05) is 50.8 Å². The van der Waals surface area contributed by atoms with Crippen LogP contribution in [0.4, 0.5) is 0 Å². The van der Waals surface area contributed by atoms with Gasteiger partial charge < -0.3 is 24.8 Å². The predicted octanol–water partition coefficient (Wildman–Crippen LogP) is 1.41. The van der Waals surface area contributed by atoms with Crippen molar-refractivity contribution in [3.8, 4) is 0 Å². The Morgan fingerprint density at radius 3 is 2.87 bits per heavy atom. The van der Waals surface area contributed by atoms with Crippen molar-refractivity contribution in [2.75, 3.05) is 46.6 Å². The fourth-order valence-electron chi connectivity index (χ4n) is 3.69. The van der Waals surface area contributed by atoms with E-state index in [1.54, 1.807) is 7.11 Å². The van der Waals surface area contributed by atoms with Crippen LogP contribution in [0.15, 0.2) is 4.99 Å². The van der Waals surface area contributed by atoms with Gasteiger partial charge in [0.05, 0.1) is 19.3 Å². The van der Waals surface area contributed by atoms with Crippen molar-refractivity contribution >= 4 is 5.96 Å². The first-order valence-corrected chi connectivity index (χ1v) is 8.84. The molecule has 0 spiro atoms. The first kappa shape index (κ1) is 18.5. The Morgan fingerprint density at radius 2 is 2.13 bits per heavy atom. The van der Waals surface area contributed by atoms with Crippen LogP contribution in [0.25, 0.3) is 0 Å². The molecule has 0 bridgehead atoms. The summed E-state index contributed by atoms with van der Waals surface area (Å²) in [4.78, 5) is 4.68. The molecule has 1 saturated carbocycles. The maximum absolute atomic E-state index is 5.86. The van der Waals surface area contributed by atoms with Gasteiger partial charge in [-0.2, -0.15) is 0 Å². The lowest BCUT2D eigenvalue weighted by Gasteiger charge is -2.54. The SMILES string of the molecule is CCNC(=NCCCOCCOC)NC1C2CCOC2C1(C)C. The second kappa shape index (κ2) is 8.85. The van der Waals surface area contributed by atoms with Crippen molar-refractivity contribution in [2.45, 2.75) is 45.8 Å². The van der Waals surface area contributed by atoms with Crippen molar-refractivity contribution < 1.29 is 14.2 Å². The van der Waals surface area contributed by atoms with Crippen molar-refractivity contribution in [3.63, 3.8) is 0 Å². The van der Waals surface area contributed by atoms with Gasteiger partial charge in [-0.15, -0.1) is 0 Å². The van der Waals surface area contributed by atoms with Crippen molar-refractivity contribution in [2.24, 2.45) is 16.3 Å². The van der Waals surface area contributed by atoms with Crippen LogP contribution in [-0.2, 0) is 14.2 Å². The van der Waals surface area contributed by atoms with Crippen LogP contribution in [0.1, 0.15) is 33.6 Å². The van der Waals surface area contributed by atoms with Crippen molar-refractivity contribution in [1.29, 1.82) is 0 Å². The summed E-state index contributed by atoms with van der Waals surface area (Å²) < 4.78 is 16.3. The van der Waals surface area contributed by atoms with E-state index in [2.05, 4.69) is 36.4 Å². The second-order valence-electron chi connectivity index (χ2n) is 6.91. The van der Waals surface area contributed by atoms with E-state index in [4.69, 9.17) is 14.2 Å². The molecular weight excluding hydrogens is 294 g/mol. The average Bonchev–Trinajstić information content (AvgIpc) is 2.98. The van der Waals surface area contributed by atoms with Crippen LogP contribution in [0, 0.1) is 11.3 Å². The van der Waals surface area contributed by atoms with E-state index in [1.165, 1.54) is 0 Å². The molecule has 0 aromatic rings. The molecule has 3 unspecified atom stereocenters. The summed E-state index contributed by atoms with van der Waals surface area (Å²) in [7, 11) is 1.68. The van der Waals surface area contributed by atoms with Crippen molar-refractivity contribution in [1.82, 2.24) is 10.6 Å². The molecule has 0 aromatic carbocycles. The van der Waals surface area contributed by atoms with E-state index in [0.29, 0.717) is 31.3 Å². The molecule has 1 aliphatic carbocycles. The molecule has 1 aliphatic heterocycles. The first-order chi connectivity index (χ1) is 11.1. The topological polar surface area (TPSA) is 64.1 Å². The van der Waals surface area contributed by atoms with Gasteiger partial charge in [0.2, 0.25) is 0 Å². The average molecular weight is 327 g/mol. The van der Waals surface area contributed by atoms with E-state index < -0.39 is 0 Å². The quantitative estimate of drug-likeness (QED) is 0.381. The molecule has 2 rings (SSSR count). The zero-order chi connectivity index (χ0) is 16.7. The Bertz CT molecular complexity index is 387. The van der Waals surface area contributed by atoms with Crippen LogP contribution in [-0.4, -0.2) is 64.7 Å². The molecule has 0 radical (unpaired) electrons. The van der Waals surface area contributed by atoms with Crippen LogP contribution in [0.3, 0.4) is 0 Å². The Kier molecular flexibility index (Phi) is 7.11. The van der Waals surface area contributed by atoms with Gasteiger partial charge >= 0.3 is 0 Å². The number of methoxy groups -OCH3 is 1. The minimum atomic E-state index is 0.167. The summed E-state index contributed by atoms with van der Waals surface area (Å²) in [6.07, 6.45) is 2.47. The van der Waals surface area contributed by atoms with E-state index in [9.17, 15) is 0 Å². The molecule has 2 fully saturated rings. The third kappa shape index (κ3) is 4.58. The molecule has 6 heteroatoms. The summed E-state index contributed by atoms with van der Waals surface area (Å²) in [6, 6.07) is 0.436. The maximum atomic E-state index is 5.86. The Morgan fingerprint density at radius 1 is 1.30 bits per heavy atom. The lowest BCUT2D eigenvalue weighted by Crippen LogP contribution is -2.67. The van der Waals surface area contributed by atoms with Gasteiger partial charge in [0.1, 0.15) is 0 Å². The zero-order valence-corrected chi connectivity index (χ0v) is 15.1. The number of hydrogen-bond donors (Lipinski definition) is 2. The van der Waals surface area contributed by atoms with Gasteiger partial charge in [-0.3, -0.25) is 4.99 Å². The van der Waals surface area contributed by atoms with Gasteiger partial charge in [-0.25, -0.2) is 0 Å². The highest BCUT2D eigenvalue weighted by atomic mass is 16.5. The molecule has 1 saturated heterocycles. The van der Waals surface area contributed by atoms with E-state index in [0.717, 1.165) is 45.1 Å². The van der Waals surface area contributed by atoms with Crippen LogP contribution < -0.4 is 10.6 Å². The first-order valence-electron chi connectivity index (χ1n) is 8.84. The zero-order valence-electron chi connectivity index (χ0n) is 15.1. The predicted molar refractivity (Wildman–Crippen MR) is 91.8 cm³/mol. The number of ether oxygens (including phenoxy) is 3. The Labute approximate surface area is 140 Å². The summed E-state index contributed by atoms with van der Waals surface area (Å²) in [5.74, 6) is 1.53.